The first-order chi connectivity index (χ1) is 10.2. The summed E-state index contributed by atoms with van der Waals surface area (Å²) >= 11 is 1.45. The van der Waals surface area contributed by atoms with Crippen LogP contribution in [-0.4, -0.2) is 43.8 Å². The van der Waals surface area contributed by atoms with E-state index in [0.717, 1.165) is 17.7 Å². The molecule has 0 spiro atoms. The van der Waals surface area contributed by atoms with Gasteiger partial charge in [0.05, 0.1) is 12.1 Å². The number of hydrogen-bond donors (Lipinski definition) is 3. The van der Waals surface area contributed by atoms with Gasteiger partial charge < -0.3 is 15.5 Å². The summed E-state index contributed by atoms with van der Waals surface area (Å²) < 4.78 is 1.86. The minimum atomic E-state index is -2.00. The van der Waals surface area contributed by atoms with Gasteiger partial charge in [-0.05, 0) is 26.8 Å². The lowest BCUT2D eigenvalue weighted by atomic mass is 10.1. The third-order valence-corrected chi connectivity index (χ3v) is 4.10. The van der Waals surface area contributed by atoms with E-state index in [9.17, 15) is 14.7 Å². The molecule has 2 aromatic rings. The Morgan fingerprint density at radius 1 is 1.45 bits per heavy atom. The molecule has 118 valence electrons. The van der Waals surface area contributed by atoms with Crippen LogP contribution in [0.25, 0.3) is 5.13 Å². The second kappa shape index (κ2) is 5.90. The first kappa shape index (κ1) is 16.2. The molecule has 2 aromatic heterocycles. The molecule has 1 amide bonds. The van der Waals surface area contributed by atoms with Gasteiger partial charge >= 0.3 is 5.97 Å². The highest BCUT2D eigenvalue weighted by Crippen LogP contribution is 2.22. The number of carbonyl (C=O) groups excluding carboxylic acids is 1. The Morgan fingerprint density at radius 2 is 2.14 bits per heavy atom. The van der Waals surface area contributed by atoms with Crippen molar-refractivity contribution in [3.63, 3.8) is 0 Å². The summed E-state index contributed by atoms with van der Waals surface area (Å²) in [6.45, 7) is 4.41. The van der Waals surface area contributed by atoms with Crippen LogP contribution < -0.4 is 5.32 Å². The number of carbonyl (C=O) groups is 2. The lowest BCUT2D eigenvalue weighted by Gasteiger charge is -2.18. The fourth-order valence-electron chi connectivity index (χ4n) is 2.04. The predicted octanol–water partition coefficient (Wildman–Crippen LogP) is 1.12. The topological polar surface area (TPSA) is 104 Å². The monoisotopic (exact) mass is 323 g/mol. The molecule has 0 radical (unpaired) electrons. The molecule has 3 N–H and O–H groups in total. The smallest absolute Gasteiger partial charge is 0.337 e. The Bertz CT molecular complexity index is 704. The van der Waals surface area contributed by atoms with Gasteiger partial charge in [-0.1, -0.05) is 0 Å². The number of aliphatic hydroxyl groups is 1. The van der Waals surface area contributed by atoms with Crippen LogP contribution in [0, 0.1) is 13.8 Å². The lowest BCUT2D eigenvalue weighted by molar-refractivity contribution is -0.155. The minimum absolute atomic E-state index is 0.373. The van der Waals surface area contributed by atoms with Gasteiger partial charge in [-0.15, -0.1) is 11.3 Å². The number of aromatic nitrogens is 2. The Hall–Kier alpha value is -2.19. The van der Waals surface area contributed by atoms with Crippen LogP contribution in [0.15, 0.2) is 17.6 Å². The summed E-state index contributed by atoms with van der Waals surface area (Å²) in [6.07, 6.45) is 1.68. The van der Waals surface area contributed by atoms with Gasteiger partial charge in [-0.2, -0.15) is 0 Å². The second-order valence-electron chi connectivity index (χ2n) is 5.20. The van der Waals surface area contributed by atoms with Gasteiger partial charge in [0.2, 0.25) is 0 Å². The Kier molecular flexibility index (Phi) is 4.34. The minimum Gasteiger partial charge on any atom is -0.479 e. The second-order valence-corrected chi connectivity index (χ2v) is 6.07. The molecule has 2 rings (SSSR count). The maximum absolute atomic E-state index is 12.2. The van der Waals surface area contributed by atoms with Crippen LogP contribution in [-0.2, 0) is 4.79 Å². The quantitative estimate of drug-likeness (QED) is 0.765. The molecule has 0 aromatic carbocycles. The summed E-state index contributed by atoms with van der Waals surface area (Å²) in [4.78, 5) is 27.3. The normalized spacial score (nSPS) is 13.6. The SMILES string of the molecule is Cc1cc(C(=O)NCC(C)(O)C(=O)O)c(C)n1-c1nccs1. The molecule has 0 saturated heterocycles. The van der Waals surface area contributed by atoms with Gasteiger partial charge in [0.1, 0.15) is 0 Å². The molecule has 0 bridgehead atoms. The van der Waals surface area contributed by atoms with Crippen molar-refractivity contribution < 1.29 is 19.8 Å². The summed E-state index contributed by atoms with van der Waals surface area (Å²) in [5, 5.41) is 23.5. The van der Waals surface area contributed by atoms with Crippen LogP contribution in [0.5, 0.6) is 0 Å². The van der Waals surface area contributed by atoms with Crippen LogP contribution >= 0.6 is 11.3 Å². The molecule has 0 aliphatic heterocycles. The zero-order valence-corrected chi connectivity index (χ0v) is 13.3. The highest BCUT2D eigenvalue weighted by molar-refractivity contribution is 7.12. The lowest BCUT2D eigenvalue weighted by Crippen LogP contribution is -2.46. The number of carboxylic acid groups (broad SMARTS) is 1. The molecule has 1 atom stereocenters. The zero-order chi connectivity index (χ0) is 16.5. The van der Waals surface area contributed by atoms with Crippen LogP contribution in [0.1, 0.15) is 28.7 Å². The fraction of sp³-hybridized carbons (Fsp3) is 0.357. The van der Waals surface area contributed by atoms with Gasteiger partial charge in [0, 0.05) is 23.0 Å². The number of nitrogens with one attached hydrogen (secondary N) is 1. The number of hydrogen-bond acceptors (Lipinski definition) is 5. The number of carboxylic acids is 1. The van der Waals surface area contributed by atoms with Crippen molar-refractivity contribution in [2.75, 3.05) is 6.54 Å². The molecule has 22 heavy (non-hydrogen) atoms. The number of aryl methyl sites for hydroxylation is 1. The van der Waals surface area contributed by atoms with E-state index >= 15 is 0 Å². The molecule has 7 nitrogen and oxygen atoms in total. The van der Waals surface area contributed by atoms with Gasteiger partial charge in [-0.3, -0.25) is 9.36 Å². The number of rotatable bonds is 5. The van der Waals surface area contributed by atoms with E-state index in [1.807, 2.05) is 16.9 Å². The maximum atomic E-state index is 12.2. The summed E-state index contributed by atoms with van der Waals surface area (Å²) in [5.41, 5.74) is -0.0207. The highest BCUT2D eigenvalue weighted by Gasteiger charge is 2.30. The highest BCUT2D eigenvalue weighted by atomic mass is 32.1. The van der Waals surface area contributed by atoms with Crippen LogP contribution in [0.4, 0.5) is 0 Å². The van der Waals surface area contributed by atoms with E-state index < -0.39 is 17.5 Å². The maximum Gasteiger partial charge on any atom is 0.337 e. The van der Waals surface area contributed by atoms with Gasteiger partial charge in [0.15, 0.2) is 10.7 Å². The summed E-state index contributed by atoms with van der Waals surface area (Å²) in [6, 6.07) is 1.71. The van der Waals surface area contributed by atoms with Gasteiger partial charge in [0.25, 0.3) is 5.91 Å². The van der Waals surface area contributed by atoms with Crippen LogP contribution in [0.2, 0.25) is 0 Å². The first-order valence-corrected chi connectivity index (χ1v) is 7.45. The molecular formula is C14H17N3O4S. The molecule has 0 fully saturated rings. The molecule has 0 aliphatic rings. The molecule has 2 heterocycles. The third kappa shape index (κ3) is 3.02. The fourth-order valence-corrected chi connectivity index (χ4v) is 2.79. The first-order valence-electron chi connectivity index (χ1n) is 6.57. The number of thiazole rings is 1. The molecule has 0 saturated carbocycles. The van der Waals surface area contributed by atoms with E-state index in [1.54, 1.807) is 19.2 Å². The van der Waals surface area contributed by atoms with Crippen molar-refractivity contribution >= 4 is 23.2 Å². The Balaban J connectivity index is 2.22. The van der Waals surface area contributed by atoms with E-state index in [4.69, 9.17) is 5.11 Å². The molecule has 1 unspecified atom stereocenters. The zero-order valence-electron chi connectivity index (χ0n) is 12.5. The summed E-state index contributed by atoms with van der Waals surface area (Å²) in [7, 11) is 0. The standard InChI is InChI=1S/C14H17N3O4S/c1-8-6-10(9(2)17(8)13-15-4-5-22-13)11(18)16-7-14(3,21)12(19)20/h4-6,21H,7H2,1-3H3,(H,16,18)(H,19,20). The van der Waals surface area contributed by atoms with Gasteiger partial charge in [-0.25, -0.2) is 9.78 Å². The van der Waals surface area contributed by atoms with E-state index in [1.165, 1.54) is 11.3 Å². The van der Waals surface area contributed by atoms with Crippen molar-refractivity contribution in [3.05, 3.63) is 34.6 Å². The largest absolute Gasteiger partial charge is 0.479 e. The Morgan fingerprint density at radius 3 is 2.68 bits per heavy atom. The number of amides is 1. The molecule has 0 aliphatic carbocycles. The van der Waals surface area contributed by atoms with Crippen molar-refractivity contribution in [3.8, 4) is 5.13 Å². The molecule has 8 heteroatoms. The van der Waals surface area contributed by atoms with Crippen molar-refractivity contribution in [2.24, 2.45) is 0 Å². The Labute approximate surface area is 131 Å². The predicted molar refractivity (Wildman–Crippen MR) is 81.5 cm³/mol. The number of nitrogens with zero attached hydrogens (tertiary/aromatic N) is 2. The third-order valence-electron chi connectivity index (χ3n) is 3.34. The van der Waals surface area contributed by atoms with Crippen molar-refractivity contribution in [2.45, 2.75) is 26.4 Å². The van der Waals surface area contributed by atoms with Crippen molar-refractivity contribution in [1.82, 2.24) is 14.9 Å². The van der Waals surface area contributed by atoms with E-state index in [0.29, 0.717) is 11.3 Å². The van der Waals surface area contributed by atoms with Crippen molar-refractivity contribution in [1.29, 1.82) is 0 Å². The van der Waals surface area contributed by atoms with E-state index in [2.05, 4.69) is 10.3 Å². The number of aliphatic carboxylic acids is 1. The van der Waals surface area contributed by atoms with Crippen LogP contribution in [0.3, 0.4) is 0 Å². The molecular weight excluding hydrogens is 306 g/mol. The average Bonchev–Trinajstić information content (AvgIpc) is 3.04. The summed E-state index contributed by atoms with van der Waals surface area (Å²) in [5.74, 6) is -1.82. The van der Waals surface area contributed by atoms with E-state index in [-0.39, 0.29) is 6.54 Å². The average molecular weight is 323 g/mol.